The van der Waals surface area contributed by atoms with Crippen molar-refractivity contribution in [1.29, 1.82) is 0 Å². The Morgan fingerprint density at radius 2 is 1.80 bits per heavy atom. The molecule has 5 heteroatoms. The molecule has 0 aliphatic rings. The molecule has 0 N–H and O–H groups in total. The van der Waals surface area contributed by atoms with Crippen LogP contribution in [0.2, 0.25) is 0 Å². The Kier molecular flexibility index (Phi) is 3.96. The van der Waals surface area contributed by atoms with E-state index in [0.717, 1.165) is 0 Å². The van der Waals surface area contributed by atoms with E-state index in [1.54, 1.807) is 25.3 Å². The Morgan fingerprint density at radius 3 is 2.33 bits per heavy atom. The Bertz CT molecular complexity index is 411. The molecule has 0 bridgehead atoms. The average molecular weight is 230 g/mol. The smallest absolute Gasteiger partial charge is 0.161 e. The van der Waals surface area contributed by atoms with Crippen LogP contribution in [0.1, 0.15) is 0 Å². The van der Waals surface area contributed by atoms with Crippen LogP contribution in [0, 0.1) is 0 Å². The van der Waals surface area contributed by atoms with E-state index in [-0.39, 0.29) is 12.4 Å². The minimum Gasteiger partial charge on any atom is -0.493 e. The van der Waals surface area contributed by atoms with E-state index >= 15 is 0 Å². The standard InChI is InChI=1S/C10H14O4S/c1-13-9-5-3-4-6-10(9)14-7-8-15(2,11)12/h3-6H,7-8H2,1-2H3. The molecule has 0 aromatic heterocycles. The van der Waals surface area contributed by atoms with Crippen molar-refractivity contribution < 1.29 is 17.9 Å². The highest BCUT2D eigenvalue weighted by molar-refractivity contribution is 7.90. The SMILES string of the molecule is COc1ccccc1OCCS(C)(=O)=O. The van der Waals surface area contributed by atoms with Crippen LogP contribution in [0.25, 0.3) is 0 Å². The number of hydrogen-bond acceptors (Lipinski definition) is 4. The van der Waals surface area contributed by atoms with Gasteiger partial charge in [-0.2, -0.15) is 0 Å². The van der Waals surface area contributed by atoms with Crippen molar-refractivity contribution >= 4 is 9.84 Å². The summed E-state index contributed by atoms with van der Waals surface area (Å²) in [7, 11) is -1.44. The van der Waals surface area contributed by atoms with E-state index in [0.29, 0.717) is 11.5 Å². The maximum atomic E-state index is 10.9. The number of sulfone groups is 1. The number of benzene rings is 1. The van der Waals surface area contributed by atoms with Crippen molar-refractivity contribution in [3.8, 4) is 11.5 Å². The van der Waals surface area contributed by atoms with Gasteiger partial charge in [0, 0.05) is 6.26 Å². The van der Waals surface area contributed by atoms with Crippen molar-refractivity contribution in [2.24, 2.45) is 0 Å². The van der Waals surface area contributed by atoms with E-state index in [4.69, 9.17) is 9.47 Å². The van der Waals surface area contributed by atoms with Gasteiger partial charge in [-0.1, -0.05) is 12.1 Å². The zero-order valence-electron chi connectivity index (χ0n) is 8.76. The van der Waals surface area contributed by atoms with E-state index < -0.39 is 9.84 Å². The molecule has 0 radical (unpaired) electrons. The monoisotopic (exact) mass is 230 g/mol. The van der Waals surface area contributed by atoms with Crippen LogP contribution in [-0.2, 0) is 9.84 Å². The van der Waals surface area contributed by atoms with Gasteiger partial charge in [0.1, 0.15) is 6.61 Å². The first kappa shape index (κ1) is 11.8. The Balaban J connectivity index is 2.58. The fourth-order valence-electron chi connectivity index (χ4n) is 1.04. The van der Waals surface area contributed by atoms with Gasteiger partial charge in [0.2, 0.25) is 0 Å². The molecule has 0 saturated carbocycles. The molecule has 0 atom stereocenters. The lowest BCUT2D eigenvalue weighted by Gasteiger charge is -2.09. The highest BCUT2D eigenvalue weighted by Gasteiger charge is 2.05. The second-order valence-electron chi connectivity index (χ2n) is 3.13. The van der Waals surface area contributed by atoms with Gasteiger partial charge in [0.15, 0.2) is 21.3 Å². The number of para-hydroxylation sites is 2. The van der Waals surface area contributed by atoms with Gasteiger partial charge in [-0.3, -0.25) is 0 Å². The molecule has 15 heavy (non-hydrogen) atoms. The molecule has 0 saturated heterocycles. The predicted molar refractivity (Wildman–Crippen MR) is 58.2 cm³/mol. The van der Waals surface area contributed by atoms with Gasteiger partial charge in [0.05, 0.1) is 12.9 Å². The number of rotatable bonds is 5. The third-order valence-electron chi connectivity index (χ3n) is 1.78. The molecule has 1 aromatic carbocycles. The van der Waals surface area contributed by atoms with E-state index in [1.165, 1.54) is 6.26 Å². The predicted octanol–water partition coefficient (Wildman–Crippen LogP) is 1.12. The summed E-state index contributed by atoms with van der Waals surface area (Å²) in [6.07, 6.45) is 1.18. The molecule has 4 nitrogen and oxygen atoms in total. The minimum absolute atomic E-state index is 0.00501. The van der Waals surface area contributed by atoms with Crippen LogP contribution in [0.3, 0.4) is 0 Å². The molecule has 84 valence electrons. The van der Waals surface area contributed by atoms with Crippen molar-refractivity contribution in [3.05, 3.63) is 24.3 Å². The summed E-state index contributed by atoms with van der Waals surface area (Å²) in [5, 5.41) is 0. The molecule has 1 aromatic rings. The van der Waals surface area contributed by atoms with Crippen LogP contribution in [0.5, 0.6) is 11.5 Å². The Hall–Kier alpha value is -1.23. The van der Waals surface area contributed by atoms with Gasteiger partial charge in [-0.05, 0) is 12.1 Å². The van der Waals surface area contributed by atoms with Gasteiger partial charge in [0.25, 0.3) is 0 Å². The second kappa shape index (κ2) is 5.02. The summed E-state index contributed by atoms with van der Waals surface area (Å²) in [6, 6.07) is 7.12. The first-order valence-corrected chi connectivity index (χ1v) is 6.52. The Morgan fingerprint density at radius 1 is 1.20 bits per heavy atom. The van der Waals surface area contributed by atoms with Crippen LogP contribution < -0.4 is 9.47 Å². The zero-order valence-corrected chi connectivity index (χ0v) is 9.58. The van der Waals surface area contributed by atoms with Crippen molar-refractivity contribution in [2.45, 2.75) is 0 Å². The fraction of sp³-hybridized carbons (Fsp3) is 0.400. The normalized spacial score (nSPS) is 11.1. The van der Waals surface area contributed by atoms with E-state index in [2.05, 4.69) is 0 Å². The zero-order chi connectivity index (χ0) is 11.3. The third kappa shape index (κ3) is 4.20. The van der Waals surface area contributed by atoms with Crippen LogP contribution in [0.15, 0.2) is 24.3 Å². The summed E-state index contributed by atoms with van der Waals surface area (Å²) < 4.78 is 32.1. The van der Waals surface area contributed by atoms with Crippen LogP contribution >= 0.6 is 0 Å². The third-order valence-corrected chi connectivity index (χ3v) is 2.69. The molecule has 0 aliphatic carbocycles. The number of hydrogen-bond donors (Lipinski definition) is 0. The molecule has 1 rings (SSSR count). The lowest BCUT2D eigenvalue weighted by atomic mass is 10.3. The highest BCUT2D eigenvalue weighted by Crippen LogP contribution is 2.25. The molecule has 0 spiro atoms. The summed E-state index contributed by atoms with van der Waals surface area (Å²) in [6.45, 7) is 0.138. The van der Waals surface area contributed by atoms with Crippen LogP contribution in [0.4, 0.5) is 0 Å². The van der Waals surface area contributed by atoms with E-state index in [1.807, 2.05) is 6.07 Å². The molecule has 0 fully saturated rings. The first-order chi connectivity index (χ1) is 7.03. The highest BCUT2D eigenvalue weighted by atomic mass is 32.2. The second-order valence-corrected chi connectivity index (χ2v) is 5.39. The van der Waals surface area contributed by atoms with Gasteiger partial charge in [-0.15, -0.1) is 0 Å². The largest absolute Gasteiger partial charge is 0.493 e. The molecular formula is C10H14O4S. The number of methoxy groups -OCH3 is 1. The number of ether oxygens (including phenoxy) is 2. The van der Waals surface area contributed by atoms with Gasteiger partial charge >= 0.3 is 0 Å². The van der Waals surface area contributed by atoms with Crippen molar-refractivity contribution in [2.75, 3.05) is 25.7 Å². The molecule has 0 heterocycles. The lowest BCUT2D eigenvalue weighted by molar-refractivity contribution is 0.312. The summed E-state index contributed by atoms with van der Waals surface area (Å²) in [4.78, 5) is 0. The van der Waals surface area contributed by atoms with Gasteiger partial charge in [-0.25, -0.2) is 8.42 Å². The topological polar surface area (TPSA) is 52.6 Å². The van der Waals surface area contributed by atoms with Crippen LogP contribution in [-0.4, -0.2) is 34.1 Å². The average Bonchev–Trinajstić information content (AvgIpc) is 2.16. The van der Waals surface area contributed by atoms with Crippen molar-refractivity contribution in [3.63, 3.8) is 0 Å². The summed E-state index contributed by atoms with van der Waals surface area (Å²) in [5.41, 5.74) is 0. The quantitative estimate of drug-likeness (QED) is 0.760. The van der Waals surface area contributed by atoms with E-state index in [9.17, 15) is 8.42 Å². The lowest BCUT2D eigenvalue weighted by Crippen LogP contribution is -2.12. The Labute approximate surface area is 89.7 Å². The summed E-state index contributed by atoms with van der Waals surface area (Å²) >= 11 is 0. The first-order valence-electron chi connectivity index (χ1n) is 4.46. The molecule has 0 unspecified atom stereocenters. The maximum Gasteiger partial charge on any atom is 0.161 e. The fourth-order valence-corrected chi connectivity index (χ4v) is 1.43. The molecule has 0 aliphatic heterocycles. The maximum absolute atomic E-state index is 10.9. The molecule has 0 amide bonds. The summed E-state index contributed by atoms with van der Waals surface area (Å²) in [5.74, 6) is 1.17. The van der Waals surface area contributed by atoms with Gasteiger partial charge < -0.3 is 9.47 Å². The minimum atomic E-state index is -2.98. The van der Waals surface area contributed by atoms with Crippen molar-refractivity contribution in [1.82, 2.24) is 0 Å². The molecular weight excluding hydrogens is 216 g/mol.